The van der Waals surface area contributed by atoms with E-state index in [1.165, 1.54) is 12.1 Å². The molecule has 0 saturated carbocycles. The second-order valence-electron chi connectivity index (χ2n) is 5.60. The molecule has 0 aliphatic carbocycles. The normalized spacial score (nSPS) is 18.5. The van der Waals surface area contributed by atoms with Crippen molar-refractivity contribution < 1.29 is 17.5 Å². The predicted octanol–water partition coefficient (Wildman–Crippen LogP) is 1.99. The largest absolute Gasteiger partial charge is 0.381 e. The highest BCUT2D eigenvalue weighted by Gasteiger charge is 2.19. The van der Waals surface area contributed by atoms with Crippen molar-refractivity contribution in [3.8, 4) is 0 Å². The summed E-state index contributed by atoms with van der Waals surface area (Å²) in [6.07, 6.45) is 3.55. The molecule has 1 atom stereocenters. The van der Waals surface area contributed by atoms with Crippen LogP contribution < -0.4 is 4.72 Å². The van der Waals surface area contributed by atoms with Gasteiger partial charge in [-0.25, -0.2) is 27.5 Å². The van der Waals surface area contributed by atoms with Crippen LogP contribution in [0.5, 0.6) is 0 Å². The third kappa shape index (κ3) is 4.14. The Morgan fingerprint density at radius 3 is 2.75 bits per heavy atom. The minimum absolute atomic E-state index is 0.0128. The van der Waals surface area contributed by atoms with E-state index < -0.39 is 15.8 Å². The minimum atomic E-state index is -3.71. The van der Waals surface area contributed by atoms with E-state index in [1.54, 1.807) is 12.3 Å². The number of nitrogens with zero attached hydrogens (tertiary/aromatic N) is 2. The van der Waals surface area contributed by atoms with Crippen molar-refractivity contribution in [2.24, 2.45) is 0 Å². The van der Waals surface area contributed by atoms with Gasteiger partial charge in [-0.2, -0.15) is 0 Å². The molecular formula is C16H18FN3O3S. The molecule has 0 unspecified atom stereocenters. The second-order valence-corrected chi connectivity index (χ2v) is 7.37. The van der Waals surface area contributed by atoms with Crippen LogP contribution in [0.1, 0.15) is 30.3 Å². The minimum Gasteiger partial charge on any atom is -0.381 e. The van der Waals surface area contributed by atoms with Crippen LogP contribution in [-0.2, 0) is 21.3 Å². The summed E-state index contributed by atoms with van der Waals surface area (Å²) in [5.41, 5.74) is 0.580. The Kier molecular flexibility index (Phi) is 5.17. The van der Waals surface area contributed by atoms with E-state index in [4.69, 9.17) is 4.74 Å². The zero-order chi connectivity index (χ0) is 17.0. The van der Waals surface area contributed by atoms with Crippen molar-refractivity contribution in [1.29, 1.82) is 0 Å². The summed E-state index contributed by atoms with van der Waals surface area (Å²) in [5, 5.41) is 0. The number of halogens is 1. The van der Waals surface area contributed by atoms with Gasteiger partial charge in [-0.1, -0.05) is 0 Å². The summed E-state index contributed by atoms with van der Waals surface area (Å²) in [5.74, 6) is 0.338. The number of hydrogen-bond donors (Lipinski definition) is 1. The Morgan fingerprint density at radius 1 is 1.25 bits per heavy atom. The zero-order valence-corrected chi connectivity index (χ0v) is 13.8. The van der Waals surface area contributed by atoms with Crippen molar-refractivity contribution in [3.05, 3.63) is 53.9 Å². The van der Waals surface area contributed by atoms with Gasteiger partial charge in [0.25, 0.3) is 0 Å². The molecule has 3 rings (SSSR count). The number of ether oxygens (including phenoxy) is 1. The van der Waals surface area contributed by atoms with Gasteiger partial charge in [-0.15, -0.1) is 0 Å². The summed E-state index contributed by atoms with van der Waals surface area (Å²) in [6.45, 7) is 1.39. The fourth-order valence-corrected chi connectivity index (χ4v) is 3.52. The molecule has 2 heterocycles. The maximum Gasteiger partial charge on any atom is 0.240 e. The lowest BCUT2D eigenvalue weighted by Gasteiger charge is -2.20. The van der Waals surface area contributed by atoms with Crippen LogP contribution in [-0.4, -0.2) is 31.6 Å². The standard InChI is InChI=1S/C16H18FN3O3S/c17-13-3-5-15(6-4-13)24(21,22)19-10-14-7-8-18-16(20-14)12-2-1-9-23-11-12/h3-8,12,19H,1-2,9-11H2/t12-/m1/s1. The number of hydrogen-bond acceptors (Lipinski definition) is 5. The Labute approximate surface area is 140 Å². The van der Waals surface area contributed by atoms with Crippen LogP contribution in [0, 0.1) is 5.82 Å². The van der Waals surface area contributed by atoms with Gasteiger partial charge in [0.1, 0.15) is 11.6 Å². The van der Waals surface area contributed by atoms with E-state index in [2.05, 4.69) is 14.7 Å². The van der Waals surface area contributed by atoms with Gasteiger partial charge in [0.05, 0.1) is 23.7 Å². The van der Waals surface area contributed by atoms with Crippen LogP contribution in [0.15, 0.2) is 41.4 Å². The lowest BCUT2D eigenvalue weighted by Crippen LogP contribution is -2.24. The first-order valence-electron chi connectivity index (χ1n) is 7.69. The fourth-order valence-electron chi connectivity index (χ4n) is 2.52. The van der Waals surface area contributed by atoms with Gasteiger partial charge in [-0.3, -0.25) is 0 Å². The highest BCUT2D eigenvalue weighted by atomic mass is 32.2. The average molecular weight is 351 g/mol. The summed E-state index contributed by atoms with van der Waals surface area (Å²) in [4.78, 5) is 8.71. The summed E-state index contributed by atoms with van der Waals surface area (Å²) in [7, 11) is -3.71. The molecule has 0 radical (unpaired) electrons. The predicted molar refractivity (Wildman–Crippen MR) is 85.3 cm³/mol. The maximum absolute atomic E-state index is 12.9. The van der Waals surface area contributed by atoms with E-state index >= 15 is 0 Å². The van der Waals surface area contributed by atoms with E-state index in [0.717, 1.165) is 31.6 Å². The molecule has 1 aromatic carbocycles. The van der Waals surface area contributed by atoms with Crippen molar-refractivity contribution in [2.45, 2.75) is 30.2 Å². The van der Waals surface area contributed by atoms with E-state index in [-0.39, 0.29) is 17.4 Å². The smallest absolute Gasteiger partial charge is 0.240 e. The third-order valence-corrected chi connectivity index (χ3v) is 5.24. The summed E-state index contributed by atoms with van der Waals surface area (Å²) < 4.78 is 45.2. The fraction of sp³-hybridized carbons (Fsp3) is 0.375. The van der Waals surface area contributed by atoms with Crippen molar-refractivity contribution in [2.75, 3.05) is 13.2 Å². The van der Waals surface area contributed by atoms with Crippen LogP contribution >= 0.6 is 0 Å². The van der Waals surface area contributed by atoms with Gasteiger partial charge < -0.3 is 4.74 Å². The lowest BCUT2D eigenvalue weighted by atomic mass is 10.0. The molecule has 0 bridgehead atoms. The molecule has 2 aromatic rings. The van der Waals surface area contributed by atoms with Gasteiger partial charge in [0.15, 0.2) is 0 Å². The van der Waals surface area contributed by atoms with E-state index in [0.29, 0.717) is 18.1 Å². The topological polar surface area (TPSA) is 81.2 Å². The van der Waals surface area contributed by atoms with Gasteiger partial charge >= 0.3 is 0 Å². The van der Waals surface area contributed by atoms with Crippen molar-refractivity contribution in [1.82, 2.24) is 14.7 Å². The lowest BCUT2D eigenvalue weighted by molar-refractivity contribution is 0.0780. The molecular weight excluding hydrogens is 333 g/mol. The Hall–Kier alpha value is -1.90. The van der Waals surface area contributed by atoms with E-state index in [1.807, 2.05) is 0 Å². The molecule has 0 amide bonds. The number of rotatable bonds is 5. The average Bonchev–Trinajstić information content (AvgIpc) is 2.61. The first kappa shape index (κ1) is 16.9. The molecule has 128 valence electrons. The number of benzene rings is 1. The number of nitrogens with one attached hydrogen (secondary N) is 1. The van der Waals surface area contributed by atoms with Crippen molar-refractivity contribution in [3.63, 3.8) is 0 Å². The molecule has 1 aliphatic heterocycles. The molecule has 24 heavy (non-hydrogen) atoms. The SMILES string of the molecule is O=S(=O)(NCc1ccnc([C@@H]2CCCOC2)n1)c1ccc(F)cc1. The zero-order valence-electron chi connectivity index (χ0n) is 13.0. The van der Waals surface area contributed by atoms with Gasteiger partial charge in [0.2, 0.25) is 10.0 Å². The molecule has 1 fully saturated rings. The molecule has 1 N–H and O–H groups in total. The molecule has 0 spiro atoms. The molecule has 1 aromatic heterocycles. The van der Waals surface area contributed by atoms with E-state index in [9.17, 15) is 12.8 Å². The first-order valence-corrected chi connectivity index (χ1v) is 9.18. The third-order valence-electron chi connectivity index (χ3n) is 3.82. The molecule has 8 heteroatoms. The molecule has 1 saturated heterocycles. The van der Waals surface area contributed by atoms with Gasteiger partial charge in [-0.05, 0) is 43.2 Å². The van der Waals surface area contributed by atoms with Crippen molar-refractivity contribution >= 4 is 10.0 Å². The molecule has 6 nitrogen and oxygen atoms in total. The highest BCUT2D eigenvalue weighted by Crippen LogP contribution is 2.22. The summed E-state index contributed by atoms with van der Waals surface area (Å²) >= 11 is 0. The quantitative estimate of drug-likeness (QED) is 0.891. The Balaban J connectivity index is 1.68. The second kappa shape index (κ2) is 7.33. The van der Waals surface area contributed by atoms with Crippen LogP contribution in [0.4, 0.5) is 4.39 Å². The van der Waals surface area contributed by atoms with Crippen LogP contribution in [0.2, 0.25) is 0 Å². The maximum atomic E-state index is 12.9. The Morgan fingerprint density at radius 2 is 2.04 bits per heavy atom. The van der Waals surface area contributed by atoms with Crippen LogP contribution in [0.3, 0.4) is 0 Å². The monoisotopic (exact) mass is 351 g/mol. The Bertz CT molecular complexity index is 790. The highest BCUT2D eigenvalue weighted by molar-refractivity contribution is 7.89. The summed E-state index contributed by atoms with van der Waals surface area (Å²) in [6, 6.07) is 6.34. The number of sulfonamides is 1. The molecule has 1 aliphatic rings. The van der Waals surface area contributed by atoms with Crippen LogP contribution in [0.25, 0.3) is 0 Å². The number of aromatic nitrogens is 2. The first-order chi connectivity index (χ1) is 11.5. The van der Waals surface area contributed by atoms with Gasteiger partial charge in [0, 0.05) is 18.7 Å².